The maximum absolute atomic E-state index is 11.2. The van der Waals surface area contributed by atoms with Gasteiger partial charge in [-0.15, -0.1) is 0 Å². The Morgan fingerprint density at radius 3 is 2.70 bits per heavy atom. The molecule has 1 amide bonds. The second-order valence-electron chi connectivity index (χ2n) is 5.12. The van der Waals surface area contributed by atoms with Gasteiger partial charge < -0.3 is 15.4 Å². The number of amides is 1. The maximum Gasteiger partial charge on any atom is 0.219 e. The first-order valence-corrected chi connectivity index (χ1v) is 7.11. The third-order valence-electron chi connectivity index (χ3n) is 3.56. The molecule has 1 aromatic carbocycles. The molecule has 2 rings (SSSR count). The standard InChI is InChI=1S/C15H23N3O2/c1-13(19)18-9-7-17(8-10-18)6-3-11-20-15-5-2-4-14(16)12-15/h2,4-5,12H,3,6-11,16H2,1H3. The Labute approximate surface area is 120 Å². The third-order valence-corrected chi connectivity index (χ3v) is 3.56. The number of benzene rings is 1. The highest BCUT2D eigenvalue weighted by Crippen LogP contribution is 2.14. The van der Waals surface area contributed by atoms with Crippen LogP contribution in [0.5, 0.6) is 5.75 Å². The lowest BCUT2D eigenvalue weighted by Gasteiger charge is -2.34. The molecule has 1 fully saturated rings. The van der Waals surface area contributed by atoms with E-state index in [0.29, 0.717) is 6.61 Å². The molecule has 1 aromatic rings. The second kappa shape index (κ2) is 7.14. The van der Waals surface area contributed by atoms with Crippen molar-refractivity contribution in [1.29, 1.82) is 0 Å². The van der Waals surface area contributed by atoms with Crippen LogP contribution < -0.4 is 10.5 Å². The first-order chi connectivity index (χ1) is 9.65. The molecule has 0 bridgehead atoms. The molecule has 1 aliphatic heterocycles. The Morgan fingerprint density at radius 2 is 2.05 bits per heavy atom. The fraction of sp³-hybridized carbons (Fsp3) is 0.533. The molecule has 0 spiro atoms. The summed E-state index contributed by atoms with van der Waals surface area (Å²) in [5.74, 6) is 1.00. The molecule has 0 aromatic heterocycles. The molecule has 1 heterocycles. The molecule has 0 saturated carbocycles. The topological polar surface area (TPSA) is 58.8 Å². The van der Waals surface area contributed by atoms with Gasteiger partial charge in [0.1, 0.15) is 5.75 Å². The van der Waals surface area contributed by atoms with Gasteiger partial charge in [-0.05, 0) is 18.6 Å². The van der Waals surface area contributed by atoms with Crippen LogP contribution in [0, 0.1) is 0 Å². The van der Waals surface area contributed by atoms with E-state index in [-0.39, 0.29) is 5.91 Å². The molecule has 0 aliphatic carbocycles. The number of nitrogens with zero attached hydrogens (tertiary/aromatic N) is 2. The van der Waals surface area contributed by atoms with E-state index >= 15 is 0 Å². The zero-order chi connectivity index (χ0) is 14.4. The van der Waals surface area contributed by atoms with Crippen LogP contribution in [0.3, 0.4) is 0 Å². The van der Waals surface area contributed by atoms with Crippen molar-refractivity contribution in [2.75, 3.05) is 45.1 Å². The van der Waals surface area contributed by atoms with Crippen molar-refractivity contribution in [3.8, 4) is 5.75 Å². The molecular weight excluding hydrogens is 254 g/mol. The third kappa shape index (κ3) is 4.42. The van der Waals surface area contributed by atoms with Crippen molar-refractivity contribution >= 4 is 11.6 Å². The van der Waals surface area contributed by atoms with Crippen molar-refractivity contribution in [3.63, 3.8) is 0 Å². The van der Waals surface area contributed by atoms with Crippen LogP contribution in [0.4, 0.5) is 5.69 Å². The average molecular weight is 277 g/mol. The Morgan fingerprint density at radius 1 is 1.30 bits per heavy atom. The fourth-order valence-corrected chi connectivity index (χ4v) is 2.37. The van der Waals surface area contributed by atoms with Crippen LogP contribution in [0.15, 0.2) is 24.3 Å². The van der Waals surface area contributed by atoms with Crippen LogP contribution >= 0.6 is 0 Å². The summed E-state index contributed by atoms with van der Waals surface area (Å²) in [7, 11) is 0. The Bertz CT molecular complexity index is 442. The smallest absolute Gasteiger partial charge is 0.219 e. The summed E-state index contributed by atoms with van der Waals surface area (Å²) in [6.07, 6.45) is 0.981. The summed E-state index contributed by atoms with van der Waals surface area (Å²) in [4.78, 5) is 15.5. The van der Waals surface area contributed by atoms with Gasteiger partial charge in [-0.1, -0.05) is 6.07 Å². The van der Waals surface area contributed by atoms with Crippen molar-refractivity contribution in [2.24, 2.45) is 0 Å². The van der Waals surface area contributed by atoms with E-state index in [1.54, 1.807) is 6.92 Å². The molecule has 110 valence electrons. The van der Waals surface area contributed by atoms with E-state index < -0.39 is 0 Å². The summed E-state index contributed by atoms with van der Waals surface area (Å²) < 4.78 is 5.67. The predicted octanol–water partition coefficient (Wildman–Crippen LogP) is 1.20. The molecule has 5 nitrogen and oxygen atoms in total. The van der Waals surface area contributed by atoms with Crippen LogP contribution in [0.1, 0.15) is 13.3 Å². The van der Waals surface area contributed by atoms with Gasteiger partial charge in [0, 0.05) is 51.4 Å². The number of anilines is 1. The molecule has 20 heavy (non-hydrogen) atoms. The SMILES string of the molecule is CC(=O)N1CCN(CCCOc2cccc(N)c2)CC1. The van der Waals surface area contributed by atoms with Crippen LogP contribution in [-0.2, 0) is 4.79 Å². The van der Waals surface area contributed by atoms with Gasteiger partial charge in [0.05, 0.1) is 6.61 Å². The first kappa shape index (κ1) is 14.7. The van der Waals surface area contributed by atoms with Crippen molar-refractivity contribution in [2.45, 2.75) is 13.3 Å². The van der Waals surface area contributed by atoms with Gasteiger partial charge in [-0.25, -0.2) is 0 Å². The van der Waals surface area contributed by atoms with Crippen LogP contribution in [0.2, 0.25) is 0 Å². The summed E-state index contributed by atoms with van der Waals surface area (Å²) in [5, 5.41) is 0. The number of rotatable bonds is 5. The molecule has 0 atom stereocenters. The molecular formula is C15H23N3O2. The lowest BCUT2D eigenvalue weighted by molar-refractivity contribution is -0.130. The van der Waals surface area contributed by atoms with Crippen LogP contribution in [0.25, 0.3) is 0 Å². The molecule has 2 N–H and O–H groups in total. The van der Waals surface area contributed by atoms with Gasteiger partial charge in [-0.2, -0.15) is 0 Å². The summed E-state index contributed by atoms with van der Waals surface area (Å²) in [5.41, 5.74) is 6.42. The van der Waals surface area contributed by atoms with Crippen molar-refractivity contribution < 1.29 is 9.53 Å². The highest BCUT2D eigenvalue weighted by Gasteiger charge is 2.17. The van der Waals surface area contributed by atoms with Gasteiger partial charge in [0.15, 0.2) is 0 Å². The lowest BCUT2D eigenvalue weighted by Crippen LogP contribution is -2.48. The monoisotopic (exact) mass is 277 g/mol. The number of carbonyl (C=O) groups excluding carboxylic acids is 1. The lowest BCUT2D eigenvalue weighted by atomic mass is 10.3. The van der Waals surface area contributed by atoms with E-state index in [0.717, 1.165) is 50.6 Å². The van der Waals surface area contributed by atoms with E-state index in [4.69, 9.17) is 10.5 Å². The minimum Gasteiger partial charge on any atom is -0.493 e. The predicted molar refractivity (Wildman–Crippen MR) is 79.7 cm³/mol. The number of carbonyl (C=O) groups is 1. The quantitative estimate of drug-likeness (QED) is 0.649. The summed E-state index contributed by atoms with van der Waals surface area (Å²) >= 11 is 0. The van der Waals surface area contributed by atoms with Gasteiger partial charge in [0.2, 0.25) is 5.91 Å². The van der Waals surface area contributed by atoms with E-state index in [2.05, 4.69) is 4.90 Å². The Hall–Kier alpha value is -1.75. The fourth-order valence-electron chi connectivity index (χ4n) is 2.37. The average Bonchev–Trinajstić information content (AvgIpc) is 2.44. The zero-order valence-electron chi connectivity index (χ0n) is 12.0. The number of piperazine rings is 1. The normalized spacial score (nSPS) is 16.1. The first-order valence-electron chi connectivity index (χ1n) is 7.11. The number of nitrogen functional groups attached to an aromatic ring is 1. The van der Waals surface area contributed by atoms with Gasteiger partial charge >= 0.3 is 0 Å². The molecule has 5 heteroatoms. The Kier molecular flexibility index (Phi) is 5.24. The van der Waals surface area contributed by atoms with Crippen molar-refractivity contribution in [3.05, 3.63) is 24.3 Å². The zero-order valence-corrected chi connectivity index (χ0v) is 12.0. The van der Waals surface area contributed by atoms with E-state index in [1.807, 2.05) is 29.2 Å². The highest BCUT2D eigenvalue weighted by molar-refractivity contribution is 5.73. The molecule has 1 aliphatic rings. The largest absolute Gasteiger partial charge is 0.493 e. The van der Waals surface area contributed by atoms with Gasteiger partial charge in [-0.3, -0.25) is 9.69 Å². The number of nitrogens with two attached hydrogens (primary N) is 1. The maximum atomic E-state index is 11.2. The molecule has 0 unspecified atom stereocenters. The highest BCUT2D eigenvalue weighted by atomic mass is 16.5. The van der Waals surface area contributed by atoms with E-state index in [1.165, 1.54) is 0 Å². The Balaban J connectivity index is 1.61. The number of hydrogen-bond acceptors (Lipinski definition) is 4. The van der Waals surface area contributed by atoms with Gasteiger partial charge in [0.25, 0.3) is 0 Å². The molecule has 1 saturated heterocycles. The number of hydrogen-bond donors (Lipinski definition) is 1. The van der Waals surface area contributed by atoms with Crippen LogP contribution in [-0.4, -0.2) is 55.0 Å². The van der Waals surface area contributed by atoms with Crippen molar-refractivity contribution in [1.82, 2.24) is 9.80 Å². The second-order valence-corrected chi connectivity index (χ2v) is 5.12. The molecule has 0 radical (unpaired) electrons. The minimum absolute atomic E-state index is 0.176. The summed E-state index contributed by atoms with van der Waals surface area (Å²) in [6.45, 7) is 6.92. The number of ether oxygens (including phenoxy) is 1. The minimum atomic E-state index is 0.176. The van der Waals surface area contributed by atoms with E-state index in [9.17, 15) is 4.79 Å². The summed E-state index contributed by atoms with van der Waals surface area (Å²) in [6, 6.07) is 7.50.